The third-order valence-corrected chi connectivity index (χ3v) is 5.59. The number of aromatic amines is 1. The lowest BCUT2D eigenvalue weighted by Crippen LogP contribution is -2.26. The summed E-state index contributed by atoms with van der Waals surface area (Å²) in [7, 11) is 0. The molecule has 0 fully saturated rings. The SMILES string of the molecule is CC(C)Cc1[nH]c(=O)c(Cc2cn(C(=O)OC(C)(C)C)c3ccccc23)nc1OCc1ccccc1. The number of nitrogens with zero attached hydrogens (tertiary/aromatic N) is 2. The Labute approximate surface area is 211 Å². The minimum atomic E-state index is -0.626. The summed E-state index contributed by atoms with van der Waals surface area (Å²) >= 11 is 0. The standard InChI is InChI=1S/C29H33N3O4/c1-19(2)15-24-27(35-18-20-11-7-6-8-12-20)31-23(26(33)30-24)16-21-17-32(28(34)36-29(3,4)5)25-14-10-9-13-22(21)25/h6-14,17,19H,15-16,18H2,1-5H3,(H,30,33). The van der Waals surface area contributed by atoms with E-state index < -0.39 is 11.7 Å². The van der Waals surface area contributed by atoms with Crippen LogP contribution in [0.3, 0.4) is 0 Å². The van der Waals surface area contributed by atoms with Crippen molar-refractivity contribution >= 4 is 17.0 Å². The molecule has 7 heteroatoms. The van der Waals surface area contributed by atoms with Crippen molar-refractivity contribution in [3.8, 4) is 5.88 Å². The monoisotopic (exact) mass is 487 g/mol. The third-order valence-electron chi connectivity index (χ3n) is 5.59. The van der Waals surface area contributed by atoms with Gasteiger partial charge in [0, 0.05) is 18.0 Å². The Hall–Kier alpha value is -3.87. The number of carbonyl (C=O) groups excluding carboxylic acids is 1. The molecule has 7 nitrogen and oxygen atoms in total. The van der Waals surface area contributed by atoms with Crippen molar-refractivity contribution in [3.63, 3.8) is 0 Å². The number of nitrogens with one attached hydrogen (secondary N) is 1. The van der Waals surface area contributed by atoms with Crippen molar-refractivity contribution in [3.05, 3.63) is 93.7 Å². The molecule has 36 heavy (non-hydrogen) atoms. The van der Waals surface area contributed by atoms with Crippen LogP contribution in [-0.4, -0.2) is 26.2 Å². The predicted octanol–water partition coefficient (Wildman–Crippen LogP) is 5.88. The van der Waals surface area contributed by atoms with E-state index in [9.17, 15) is 9.59 Å². The topological polar surface area (TPSA) is 86.2 Å². The number of rotatable bonds is 7. The van der Waals surface area contributed by atoms with Gasteiger partial charge in [-0.25, -0.2) is 9.78 Å². The van der Waals surface area contributed by atoms with E-state index in [1.165, 1.54) is 4.57 Å². The maximum absolute atomic E-state index is 13.0. The summed E-state index contributed by atoms with van der Waals surface area (Å²) in [6, 6.07) is 17.4. The molecule has 2 aromatic carbocycles. The number of H-pyrrole nitrogens is 1. The maximum atomic E-state index is 13.0. The molecular formula is C29H33N3O4. The second kappa shape index (κ2) is 10.4. The van der Waals surface area contributed by atoms with Crippen molar-refractivity contribution in [1.82, 2.24) is 14.5 Å². The Balaban J connectivity index is 1.70. The van der Waals surface area contributed by atoms with Gasteiger partial charge in [0.1, 0.15) is 17.9 Å². The lowest BCUT2D eigenvalue weighted by molar-refractivity contribution is 0.0544. The van der Waals surface area contributed by atoms with E-state index in [1.54, 1.807) is 6.20 Å². The lowest BCUT2D eigenvalue weighted by Gasteiger charge is -2.19. The highest BCUT2D eigenvalue weighted by Crippen LogP contribution is 2.25. The van der Waals surface area contributed by atoms with E-state index in [1.807, 2.05) is 75.4 Å². The maximum Gasteiger partial charge on any atom is 0.419 e. The number of para-hydroxylation sites is 1. The fourth-order valence-electron chi connectivity index (χ4n) is 4.05. The predicted molar refractivity (Wildman–Crippen MR) is 141 cm³/mol. The second-order valence-electron chi connectivity index (χ2n) is 10.4. The van der Waals surface area contributed by atoms with Gasteiger partial charge in [-0.3, -0.25) is 9.36 Å². The Morgan fingerprint density at radius 2 is 1.75 bits per heavy atom. The summed E-state index contributed by atoms with van der Waals surface area (Å²) in [5.41, 5.74) is 2.67. The van der Waals surface area contributed by atoms with Crippen LogP contribution >= 0.6 is 0 Å². The molecular weight excluding hydrogens is 454 g/mol. The number of ether oxygens (including phenoxy) is 2. The Bertz CT molecular complexity index is 1410. The smallest absolute Gasteiger partial charge is 0.419 e. The highest BCUT2D eigenvalue weighted by molar-refractivity contribution is 5.92. The zero-order valence-electron chi connectivity index (χ0n) is 21.5. The van der Waals surface area contributed by atoms with Crippen LogP contribution in [0, 0.1) is 5.92 Å². The molecule has 0 unspecified atom stereocenters. The summed E-state index contributed by atoms with van der Waals surface area (Å²) in [6.07, 6.45) is 2.15. The molecule has 0 amide bonds. The first-order valence-corrected chi connectivity index (χ1v) is 12.2. The van der Waals surface area contributed by atoms with Crippen LogP contribution in [0.1, 0.15) is 57.1 Å². The van der Waals surface area contributed by atoms with Crippen molar-refractivity contribution in [2.45, 2.75) is 59.7 Å². The number of hydrogen-bond acceptors (Lipinski definition) is 5. The van der Waals surface area contributed by atoms with Gasteiger partial charge < -0.3 is 14.5 Å². The highest BCUT2D eigenvalue weighted by Gasteiger charge is 2.22. The molecule has 2 heterocycles. The van der Waals surface area contributed by atoms with Crippen LogP contribution in [0.5, 0.6) is 5.88 Å². The van der Waals surface area contributed by atoms with Crippen LogP contribution in [0.4, 0.5) is 4.79 Å². The Kier molecular flexibility index (Phi) is 7.29. The second-order valence-corrected chi connectivity index (χ2v) is 10.4. The first-order chi connectivity index (χ1) is 17.1. The third kappa shape index (κ3) is 6.03. The van der Waals surface area contributed by atoms with Gasteiger partial charge in [-0.1, -0.05) is 62.4 Å². The summed E-state index contributed by atoms with van der Waals surface area (Å²) in [6.45, 7) is 10.0. The minimum absolute atomic E-state index is 0.245. The van der Waals surface area contributed by atoms with Crippen molar-refractivity contribution < 1.29 is 14.3 Å². The molecule has 0 atom stereocenters. The van der Waals surface area contributed by atoms with E-state index in [-0.39, 0.29) is 12.0 Å². The normalized spacial score (nSPS) is 11.7. The molecule has 2 aromatic heterocycles. The first-order valence-electron chi connectivity index (χ1n) is 12.2. The molecule has 0 spiro atoms. The van der Waals surface area contributed by atoms with Gasteiger partial charge in [0.2, 0.25) is 5.88 Å². The molecule has 0 aliphatic heterocycles. The zero-order chi connectivity index (χ0) is 25.9. The number of carbonyl (C=O) groups is 1. The van der Waals surface area contributed by atoms with E-state index in [4.69, 9.17) is 9.47 Å². The van der Waals surface area contributed by atoms with Crippen molar-refractivity contribution in [1.29, 1.82) is 0 Å². The molecule has 0 aliphatic carbocycles. The number of aromatic nitrogens is 3. The van der Waals surface area contributed by atoms with Crippen LogP contribution in [0.2, 0.25) is 0 Å². The molecule has 0 aliphatic rings. The first kappa shape index (κ1) is 25.2. The quantitative estimate of drug-likeness (QED) is 0.352. The molecule has 0 bridgehead atoms. The summed E-state index contributed by atoms with van der Waals surface area (Å²) < 4.78 is 13.2. The average molecular weight is 488 g/mol. The zero-order valence-corrected chi connectivity index (χ0v) is 21.5. The van der Waals surface area contributed by atoms with Gasteiger partial charge >= 0.3 is 6.09 Å². The van der Waals surface area contributed by atoms with E-state index in [2.05, 4.69) is 23.8 Å². The molecule has 0 saturated heterocycles. The Morgan fingerprint density at radius 1 is 1.06 bits per heavy atom. The molecule has 0 saturated carbocycles. The van der Waals surface area contributed by atoms with Crippen LogP contribution in [0.25, 0.3) is 10.9 Å². The largest absolute Gasteiger partial charge is 0.472 e. The van der Waals surface area contributed by atoms with E-state index in [0.29, 0.717) is 36.2 Å². The minimum Gasteiger partial charge on any atom is -0.472 e. The van der Waals surface area contributed by atoms with E-state index in [0.717, 1.165) is 22.0 Å². The van der Waals surface area contributed by atoms with Gasteiger partial charge in [0.25, 0.3) is 5.56 Å². The Morgan fingerprint density at radius 3 is 2.44 bits per heavy atom. The van der Waals surface area contributed by atoms with Gasteiger partial charge in [-0.15, -0.1) is 0 Å². The lowest BCUT2D eigenvalue weighted by atomic mass is 10.1. The molecule has 0 radical (unpaired) electrons. The average Bonchev–Trinajstić information content (AvgIpc) is 3.18. The molecule has 1 N–H and O–H groups in total. The van der Waals surface area contributed by atoms with Crippen LogP contribution in [0.15, 0.2) is 65.6 Å². The molecule has 188 valence electrons. The summed E-state index contributed by atoms with van der Waals surface area (Å²) in [5, 5.41) is 0.863. The number of fused-ring (bicyclic) bond motifs is 1. The molecule has 4 aromatic rings. The van der Waals surface area contributed by atoms with Gasteiger partial charge in [0.15, 0.2) is 0 Å². The van der Waals surface area contributed by atoms with Crippen molar-refractivity contribution in [2.24, 2.45) is 5.92 Å². The fourth-order valence-corrected chi connectivity index (χ4v) is 4.05. The van der Waals surface area contributed by atoms with Gasteiger partial charge in [-0.2, -0.15) is 0 Å². The fraction of sp³-hybridized carbons (Fsp3) is 0.345. The van der Waals surface area contributed by atoms with Gasteiger partial charge in [0.05, 0.1) is 11.2 Å². The highest BCUT2D eigenvalue weighted by atomic mass is 16.6. The molecule has 4 rings (SSSR count). The summed E-state index contributed by atoms with van der Waals surface area (Å²) in [5.74, 6) is 0.747. The number of hydrogen-bond donors (Lipinski definition) is 1. The van der Waals surface area contributed by atoms with Crippen LogP contribution < -0.4 is 10.3 Å². The van der Waals surface area contributed by atoms with Crippen LogP contribution in [-0.2, 0) is 24.2 Å². The van der Waals surface area contributed by atoms with E-state index >= 15 is 0 Å². The van der Waals surface area contributed by atoms with Gasteiger partial charge in [-0.05, 0) is 50.3 Å². The summed E-state index contributed by atoms with van der Waals surface area (Å²) in [4.78, 5) is 33.6. The number of benzene rings is 2. The van der Waals surface area contributed by atoms with Crippen molar-refractivity contribution in [2.75, 3.05) is 0 Å².